The minimum atomic E-state index is -4.53. The van der Waals surface area contributed by atoms with Gasteiger partial charge >= 0.3 is 18.3 Å². The van der Waals surface area contributed by atoms with Crippen LogP contribution in [0.4, 0.5) is 37.8 Å². The third-order valence-corrected chi connectivity index (χ3v) is 11.5. The smallest absolute Gasteiger partial charge is 0.416 e. The minimum absolute atomic E-state index is 0.101. The number of rotatable bonds is 15. The maximum Gasteiger partial charge on any atom is 0.416 e. The molecule has 0 spiro atoms. The fraction of sp³-hybridized carbons (Fsp3) is 0.320. The molecule has 390 valence electrons. The first kappa shape index (κ1) is 57.0. The largest absolute Gasteiger partial charge is 0.481 e. The van der Waals surface area contributed by atoms with Crippen LogP contribution in [0.25, 0.3) is 22.6 Å². The van der Waals surface area contributed by atoms with E-state index in [4.69, 9.17) is 48.9 Å². The van der Waals surface area contributed by atoms with Gasteiger partial charge in [0, 0.05) is 65.1 Å². The molecule has 73 heavy (non-hydrogen) atoms. The molecule has 1 aromatic heterocycles. The average molecular weight is 1060 g/mol. The maximum atomic E-state index is 13.2. The summed E-state index contributed by atoms with van der Waals surface area (Å²) in [6, 6.07) is 29.6. The van der Waals surface area contributed by atoms with Crippen molar-refractivity contribution in [2.75, 3.05) is 23.7 Å². The molecule has 2 fully saturated rings. The van der Waals surface area contributed by atoms with Crippen LogP contribution in [0, 0.1) is 17.2 Å². The first-order valence-electron chi connectivity index (χ1n) is 22.2. The summed E-state index contributed by atoms with van der Waals surface area (Å²) in [4.78, 5) is 44.7. The van der Waals surface area contributed by atoms with Crippen LogP contribution < -0.4 is 27.0 Å². The minimum Gasteiger partial charge on any atom is -0.481 e. The summed E-state index contributed by atoms with van der Waals surface area (Å²) in [5.74, 6) is -2.52. The third kappa shape index (κ3) is 16.5. The number of benzene rings is 4. The van der Waals surface area contributed by atoms with E-state index in [0.29, 0.717) is 49.4 Å². The number of alkyl halides is 6. The number of nitrogens with zero attached hydrogens (tertiary/aromatic N) is 2. The summed E-state index contributed by atoms with van der Waals surface area (Å²) < 4.78 is 90.5. The summed E-state index contributed by atoms with van der Waals surface area (Å²) in [7, 11) is 0. The molecule has 2 aliphatic rings. The van der Waals surface area contributed by atoms with Gasteiger partial charge in [-0.2, -0.15) is 26.3 Å². The van der Waals surface area contributed by atoms with Crippen molar-refractivity contribution >= 4 is 69.9 Å². The Labute approximate surface area is 425 Å². The van der Waals surface area contributed by atoms with E-state index >= 15 is 0 Å². The number of aromatic nitrogens is 2. The van der Waals surface area contributed by atoms with Crippen molar-refractivity contribution in [3.8, 4) is 16.9 Å². The lowest BCUT2D eigenvalue weighted by atomic mass is 10.1. The second kappa shape index (κ2) is 24.2. The fourth-order valence-corrected chi connectivity index (χ4v) is 7.21. The highest BCUT2D eigenvalue weighted by Crippen LogP contribution is 2.36. The van der Waals surface area contributed by atoms with Crippen molar-refractivity contribution in [2.45, 2.75) is 77.3 Å². The lowest BCUT2D eigenvalue weighted by Crippen LogP contribution is -2.41. The first-order chi connectivity index (χ1) is 34.1. The monoisotopic (exact) mass is 1060 g/mol. The van der Waals surface area contributed by atoms with E-state index in [1.807, 2.05) is 60.7 Å². The van der Waals surface area contributed by atoms with Gasteiger partial charge in [-0.05, 0) is 105 Å². The molecule has 3 amide bonds. The highest BCUT2D eigenvalue weighted by Gasteiger charge is 2.49. The van der Waals surface area contributed by atoms with E-state index in [-0.39, 0.29) is 68.5 Å². The Morgan fingerprint density at radius 3 is 1.75 bits per heavy atom. The standard InChI is InChI=1S/C25H24ClF3N4O3.C20H21ClF3N3O.C5H7NO3/c1-24(2,25(27,28)29)36-14-15-8-16(10-18(26)9-15)20-12-21(31-23(35)17-11-22(34)30-13-17)32-33(20)19-6-4-3-5-7-19;1-19(2,20(22,23)24)28-12-13-8-14(10-15(21)9-13)17(11-18(25)26)27-16-6-4-3-5-7-16;7-4-1-3(2-6-4)5(8)9/h3-10,12,17H,11,13-14H2,1-2H3,(H,30,34)(H,31,32,35);3-11,27H,12H2,1-2H3,(H3,25,26);3H,1-2H2,(H,6,7)(H,8,9)/b;17-11-;/t17-;;3-/m0.0/s1. The Hall–Kier alpha value is -6.94. The van der Waals surface area contributed by atoms with Crippen molar-refractivity contribution in [3.05, 3.63) is 136 Å². The maximum absolute atomic E-state index is 13.2. The predicted molar refractivity (Wildman–Crippen MR) is 264 cm³/mol. The molecule has 0 radical (unpaired) electrons. The number of hydrogen-bond acceptors (Lipinski definition) is 9. The molecule has 0 unspecified atom stereocenters. The van der Waals surface area contributed by atoms with Gasteiger partial charge in [-0.3, -0.25) is 24.6 Å². The molecule has 2 atom stereocenters. The van der Waals surface area contributed by atoms with Gasteiger partial charge in [0.15, 0.2) is 17.0 Å². The van der Waals surface area contributed by atoms with Gasteiger partial charge in [0.25, 0.3) is 0 Å². The second-order valence-electron chi connectivity index (χ2n) is 17.7. The van der Waals surface area contributed by atoms with Gasteiger partial charge in [0.1, 0.15) is 5.84 Å². The Balaban J connectivity index is 0.000000236. The number of ether oxygens (including phenoxy) is 2. The zero-order chi connectivity index (χ0) is 53.9. The van der Waals surface area contributed by atoms with Gasteiger partial charge in [-0.25, -0.2) is 4.68 Å². The molecule has 7 rings (SSSR count). The highest BCUT2D eigenvalue weighted by molar-refractivity contribution is 6.31. The first-order valence-corrected chi connectivity index (χ1v) is 23.0. The van der Waals surface area contributed by atoms with Crippen LogP contribution >= 0.6 is 23.2 Å². The Morgan fingerprint density at radius 2 is 1.27 bits per heavy atom. The number of aliphatic carboxylic acids is 1. The Bertz CT molecular complexity index is 2810. The summed E-state index contributed by atoms with van der Waals surface area (Å²) in [5, 5.41) is 32.0. The van der Waals surface area contributed by atoms with Crippen LogP contribution in [-0.2, 0) is 41.9 Å². The normalized spacial score (nSPS) is 16.0. The van der Waals surface area contributed by atoms with Crippen LogP contribution in [0.1, 0.15) is 57.2 Å². The van der Waals surface area contributed by atoms with Crippen LogP contribution in [-0.4, -0.2) is 81.1 Å². The SMILES string of the molecule is CC(C)(OCc1cc(Cl)cc(-c2cc(NC(=O)[C@@H]3CNC(=O)C3)nn2-c2ccccc2)c1)C(F)(F)F.CC(C)(OCc1cc(Cl)cc(/C(=C/C(=N)N)Nc2ccccc2)c1)C(F)(F)F.O=C1C[C@H](C(=O)O)CN1. The number of carboxylic acid groups (broad SMARTS) is 1. The van der Waals surface area contributed by atoms with Crippen molar-refractivity contribution in [1.29, 1.82) is 5.41 Å². The highest BCUT2D eigenvalue weighted by atomic mass is 35.5. The van der Waals surface area contributed by atoms with Gasteiger partial charge in [-0.15, -0.1) is 5.10 Å². The van der Waals surface area contributed by atoms with E-state index < -0.39 is 41.4 Å². The molecular weight excluding hydrogens is 1010 g/mol. The van der Waals surface area contributed by atoms with E-state index in [1.165, 1.54) is 18.2 Å². The van der Waals surface area contributed by atoms with E-state index in [2.05, 4.69) is 26.4 Å². The van der Waals surface area contributed by atoms with Crippen molar-refractivity contribution in [2.24, 2.45) is 17.6 Å². The number of carboxylic acids is 1. The number of carbonyl (C=O) groups excluding carboxylic acids is 3. The number of amidine groups is 1. The Morgan fingerprint density at radius 1 is 0.767 bits per heavy atom. The number of nitrogens with two attached hydrogens (primary N) is 1. The number of para-hydroxylation sites is 2. The summed E-state index contributed by atoms with van der Waals surface area (Å²) in [6.07, 6.45) is -7.39. The van der Waals surface area contributed by atoms with E-state index in [0.717, 1.165) is 33.4 Å². The quantitative estimate of drug-likeness (QED) is 0.0299. The van der Waals surface area contributed by atoms with Gasteiger partial charge in [0.05, 0.1) is 36.4 Å². The molecule has 3 heterocycles. The number of anilines is 2. The van der Waals surface area contributed by atoms with E-state index in [1.54, 1.807) is 35.0 Å². The van der Waals surface area contributed by atoms with Crippen LogP contribution in [0.2, 0.25) is 10.0 Å². The molecule has 23 heteroatoms. The molecular formula is C50H52Cl2F6N8O7. The molecule has 2 saturated heterocycles. The number of carbonyl (C=O) groups is 4. The molecule has 15 nitrogen and oxygen atoms in total. The van der Waals surface area contributed by atoms with Gasteiger partial charge in [-0.1, -0.05) is 59.6 Å². The average Bonchev–Trinajstić information content (AvgIpc) is 4.07. The number of hydrogen-bond donors (Lipinski definition) is 7. The van der Waals surface area contributed by atoms with Crippen LogP contribution in [0.5, 0.6) is 0 Å². The third-order valence-electron chi connectivity index (χ3n) is 11.1. The van der Waals surface area contributed by atoms with E-state index in [9.17, 15) is 45.5 Å². The van der Waals surface area contributed by atoms with Gasteiger partial charge < -0.3 is 41.6 Å². The lowest BCUT2D eigenvalue weighted by molar-refractivity contribution is -0.267. The number of halogens is 8. The Kier molecular flexibility index (Phi) is 18.9. The molecule has 0 bridgehead atoms. The molecule has 2 aliphatic heterocycles. The number of nitrogens with one attached hydrogen (secondary N) is 5. The molecule has 8 N–H and O–H groups in total. The van der Waals surface area contributed by atoms with Crippen molar-refractivity contribution < 1.29 is 60.1 Å². The lowest BCUT2D eigenvalue weighted by Gasteiger charge is -2.28. The molecule has 0 aliphatic carbocycles. The summed E-state index contributed by atoms with van der Waals surface area (Å²) in [6.45, 7) is 3.81. The second-order valence-corrected chi connectivity index (χ2v) is 18.6. The van der Waals surface area contributed by atoms with Crippen LogP contribution in [0.15, 0.2) is 109 Å². The zero-order valence-electron chi connectivity index (χ0n) is 39.7. The summed E-state index contributed by atoms with van der Waals surface area (Å²) >= 11 is 12.5. The topological polar surface area (TPSA) is 223 Å². The summed E-state index contributed by atoms with van der Waals surface area (Å²) in [5.41, 5.74) is 5.40. The number of amides is 3. The van der Waals surface area contributed by atoms with Crippen molar-refractivity contribution in [1.82, 2.24) is 20.4 Å². The molecule has 0 saturated carbocycles. The predicted octanol–water partition coefficient (Wildman–Crippen LogP) is 9.92. The van der Waals surface area contributed by atoms with Crippen LogP contribution in [0.3, 0.4) is 0 Å². The van der Waals surface area contributed by atoms with Gasteiger partial charge in [0.2, 0.25) is 17.7 Å². The molecule has 4 aromatic carbocycles. The fourth-order valence-electron chi connectivity index (χ4n) is 6.70. The zero-order valence-corrected chi connectivity index (χ0v) is 41.2. The molecule has 5 aromatic rings. The van der Waals surface area contributed by atoms with Crippen molar-refractivity contribution in [3.63, 3.8) is 0 Å².